The van der Waals surface area contributed by atoms with Crippen LogP contribution in [-0.4, -0.2) is 15.9 Å². The molecule has 0 spiro atoms. The first-order chi connectivity index (χ1) is 11.9. The number of nitrogen functional groups attached to an aromatic ring is 1. The molecule has 0 amide bonds. The third kappa shape index (κ3) is 3.06. The predicted octanol–water partition coefficient (Wildman–Crippen LogP) is 3.85. The van der Waals surface area contributed by atoms with Crippen molar-refractivity contribution in [2.75, 3.05) is 5.73 Å². The fourth-order valence-electron chi connectivity index (χ4n) is 2.62. The summed E-state index contributed by atoms with van der Waals surface area (Å²) in [7, 11) is 0. The molecular formula is C19H14F2N2O2. The number of hydrogen-bond acceptors (Lipinski definition) is 4. The smallest absolute Gasteiger partial charge is 0.198 e. The highest BCUT2D eigenvalue weighted by Crippen LogP contribution is 2.31. The number of anilines is 1. The third-order valence-electron chi connectivity index (χ3n) is 3.88. The normalized spacial score (nSPS) is 10.7. The van der Waals surface area contributed by atoms with Gasteiger partial charge in [-0.05, 0) is 48.9 Å². The van der Waals surface area contributed by atoms with Crippen LogP contribution in [0.25, 0.3) is 11.3 Å². The van der Waals surface area contributed by atoms with Crippen molar-refractivity contribution in [2.24, 2.45) is 0 Å². The summed E-state index contributed by atoms with van der Waals surface area (Å²) < 4.78 is 27.0. The summed E-state index contributed by atoms with van der Waals surface area (Å²) in [4.78, 5) is 16.8. The van der Waals surface area contributed by atoms with Gasteiger partial charge < -0.3 is 10.8 Å². The minimum atomic E-state index is -0.955. The molecule has 25 heavy (non-hydrogen) atoms. The molecule has 2 aromatic carbocycles. The van der Waals surface area contributed by atoms with Crippen LogP contribution in [0.4, 0.5) is 14.5 Å². The van der Waals surface area contributed by atoms with Gasteiger partial charge in [0.05, 0.1) is 16.9 Å². The molecule has 0 aliphatic heterocycles. The van der Waals surface area contributed by atoms with E-state index in [0.29, 0.717) is 17.3 Å². The molecule has 1 aromatic heterocycles. The number of phenols is 1. The van der Waals surface area contributed by atoms with Crippen molar-refractivity contribution in [2.45, 2.75) is 6.92 Å². The molecule has 3 N–H and O–H groups in total. The van der Waals surface area contributed by atoms with E-state index in [9.17, 15) is 18.7 Å². The van der Waals surface area contributed by atoms with E-state index in [1.807, 2.05) is 0 Å². The van der Waals surface area contributed by atoms with E-state index in [1.54, 1.807) is 19.1 Å². The van der Waals surface area contributed by atoms with Gasteiger partial charge in [0.15, 0.2) is 5.78 Å². The lowest BCUT2D eigenvalue weighted by Crippen LogP contribution is -2.09. The number of hydrogen-bond donors (Lipinski definition) is 2. The zero-order valence-electron chi connectivity index (χ0n) is 13.3. The lowest BCUT2D eigenvalue weighted by Gasteiger charge is -2.12. The minimum absolute atomic E-state index is 0.0722. The molecular weight excluding hydrogens is 326 g/mol. The molecule has 0 aliphatic rings. The molecule has 0 radical (unpaired) electrons. The van der Waals surface area contributed by atoms with Crippen molar-refractivity contribution >= 4 is 11.5 Å². The molecule has 0 saturated heterocycles. The zero-order chi connectivity index (χ0) is 18.1. The number of halogens is 2. The Hall–Kier alpha value is -3.28. The fraction of sp³-hybridized carbons (Fsp3) is 0.0526. The monoisotopic (exact) mass is 340 g/mol. The molecule has 0 unspecified atom stereocenters. The van der Waals surface area contributed by atoms with Crippen molar-refractivity contribution < 1.29 is 18.7 Å². The number of nitrogens with zero attached hydrogens (tertiary/aromatic N) is 1. The largest absolute Gasteiger partial charge is 0.508 e. The molecule has 0 fully saturated rings. The SMILES string of the molecule is Cc1cc(O)ccc1-c1nccc(C(=O)c2ccc(F)cc2F)c1N. The highest BCUT2D eigenvalue weighted by Gasteiger charge is 2.20. The lowest BCUT2D eigenvalue weighted by molar-refractivity contribution is 0.103. The van der Waals surface area contributed by atoms with E-state index in [1.165, 1.54) is 18.3 Å². The Bertz CT molecular complexity index is 987. The third-order valence-corrected chi connectivity index (χ3v) is 3.88. The number of carbonyl (C=O) groups excluding carboxylic acids is 1. The van der Waals surface area contributed by atoms with Crippen molar-refractivity contribution in [1.29, 1.82) is 0 Å². The second-order valence-corrected chi connectivity index (χ2v) is 5.57. The Morgan fingerprint density at radius 2 is 1.84 bits per heavy atom. The number of pyridine rings is 1. The first-order valence-corrected chi connectivity index (χ1v) is 7.42. The summed E-state index contributed by atoms with van der Waals surface area (Å²) in [6.45, 7) is 1.77. The Morgan fingerprint density at radius 1 is 1.08 bits per heavy atom. The Balaban J connectivity index is 2.11. The van der Waals surface area contributed by atoms with Gasteiger partial charge in [0.1, 0.15) is 17.4 Å². The number of aryl methyl sites for hydroxylation is 1. The molecule has 0 atom stereocenters. The van der Waals surface area contributed by atoms with Crippen LogP contribution in [0.1, 0.15) is 21.5 Å². The molecule has 0 aliphatic carbocycles. The minimum Gasteiger partial charge on any atom is -0.508 e. The quantitative estimate of drug-likeness (QED) is 0.710. The predicted molar refractivity (Wildman–Crippen MR) is 90.3 cm³/mol. The first kappa shape index (κ1) is 16.6. The number of nitrogens with two attached hydrogens (primary N) is 1. The molecule has 1 heterocycles. The Morgan fingerprint density at radius 3 is 2.52 bits per heavy atom. The summed E-state index contributed by atoms with van der Waals surface area (Å²) in [5, 5.41) is 9.52. The summed E-state index contributed by atoms with van der Waals surface area (Å²) in [5.74, 6) is -2.28. The second kappa shape index (κ2) is 6.32. The summed E-state index contributed by atoms with van der Waals surface area (Å²) >= 11 is 0. The molecule has 3 rings (SSSR count). The number of phenolic OH excluding ortho intramolecular Hbond substituents is 1. The maximum absolute atomic E-state index is 13.9. The summed E-state index contributed by atoms with van der Waals surface area (Å²) in [5.41, 5.74) is 7.70. The molecule has 3 aromatic rings. The first-order valence-electron chi connectivity index (χ1n) is 7.42. The van der Waals surface area contributed by atoms with E-state index in [0.717, 1.165) is 17.7 Å². The zero-order valence-corrected chi connectivity index (χ0v) is 13.3. The number of rotatable bonds is 3. The van der Waals surface area contributed by atoms with Gasteiger partial charge in [-0.25, -0.2) is 8.78 Å². The molecule has 4 nitrogen and oxygen atoms in total. The molecule has 0 saturated carbocycles. The summed E-state index contributed by atoms with van der Waals surface area (Å²) in [6.07, 6.45) is 1.40. The topological polar surface area (TPSA) is 76.2 Å². The molecule has 126 valence electrons. The average molecular weight is 340 g/mol. The van der Waals surface area contributed by atoms with E-state index in [4.69, 9.17) is 5.73 Å². The van der Waals surface area contributed by atoms with Crippen molar-refractivity contribution in [3.63, 3.8) is 0 Å². The molecule has 6 heteroatoms. The highest BCUT2D eigenvalue weighted by atomic mass is 19.1. The maximum atomic E-state index is 13.9. The summed E-state index contributed by atoms with van der Waals surface area (Å²) in [6, 6.07) is 8.80. The van der Waals surface area contributed by atoms with Gasteiger partial charge in [0.2, 0.25) is 0 Å². The van der Waals surface area contributed by atoms with Crippen molar-refractivity contribution in [3.8, 4) is 17.0 Å². The fourth-order valence-corrected chi connectivity index (χ4v) is 2.62. The van der Waals surface area contributed by atoms with Crippen LogP contribution in [0.2, 0.25) is 0 Å². The van der Waals surface area contributed by atoms with Gasteiger partial charge in [0, 0.05) is 23.4 Å². The van der Waals surface area contributed by atoms with Crippen LogP contribution in [0.3, 0.4) is 0 Å². The van der Waals surface area contributed by atoms with Crippen LogP contribution in [0, 0.1) is 18.6 Å². The number of aromatic hydroxyl groups is 1. The lowest BCUT2D eigenvalue weighted by atomic mass is 9.97. The Labute approximate surface area is 142 Å². The number of aromatic nitrogens is 1. The van der Waals surface area contributed by atoms with Crippen LogP contribution in [-0.2, 0) is 0 Å². The van der Waals surface area contributed by atoms with Gasteiger partial charge in [-0.1, -0.05) is 0 Å². The van der Waals surface area contributed by atoms with Crippen LogP contribution in [0.5, 0.6) is 5.75 Å². The second-order valence-electron chi connectivity index (χ2n) is 5.57. The van der Waals surface area contributed by atoms with Crippen molar-refractivity contribution in [3.05, 3.63) is 77.0 Å². The van der Waals surface area contributed by atoms with E-state index < -0.39 is 17.4 Å². The Kier molecular flexibility index (Phi) is 4.19. The van der Waals surface area contributed by atoms with Crippen LogP contribution < -0.4 is 5.73 Å². The van der Waals surface area contributed by atoms with Gasteiger partial charge in [-0.3, -0.25) is 9.78 Å². The number of carbonyl (C=O) groups is 1. The van der Waals surface area contributed by atoms with Crippen LogP contribution >= 0.6 is 0 Å². The number of ketones is 1. The van der Waals surface area contributed by atoms with E-state index in [2.05, 4.69) is 4.98 Å². The number of benzene rings is 2. The van der Waals surface area contributed by atoms with E-state index >= 15 is 0 Å². The van der Waals surface area contributed by atoms with Gasteiger partial charge in [-0.15, -0.1) is 0 Å². The maximum Gasteiger partial charge on any atom is 0.198 e. The van der Waals surface area contributed by atoms with Gasteiger partial charge in [0.25, 0.3) is 0 Å². The van der Waals surface area contributed by atoms with Crippen molar-refractivity contribution in [1.82, 2.24) is 4.98 Å². The van der Waals surface area contributed by atoms with Gasteiger partial charge >= 0.3 is 0 Å². The molecule has 0 bridgehead atoms. The standard InChI is InChI=1S/C19H14F2N2O2/c1-10-8-12(24)3-5-13(10)18-17(22)15(6-7-23-18)19(25)14-4-2-11(20)9-16(14)21/h2-9,24H,22H2,1H3. The van der Waals surface area contributed by atoms with Gasteiger partial charge in [-0.2, -0.15) is 0 Å². The highest BCUT2D eigenvalue weighted by molar-refractivity contribution is 6.13. The average Bonchev–Trinajstić information content (AvgIpc) is 2.55. The van der Waals surface area contributed by atoms with Crippen LogP contribution in [0.15, 0.2) is 48.7 Å². The van der Waals surface area contributed by atoms with E-state index in [-0.39, 0.29) is 22.6 Å².